The molecule has 0 aliphatic rings. The van der Waals surface area contributed by atoms with Crippen molar-refractivity contribution in [1.29, 1.82) is 0 Å². The van der Waals surface area contributed by atoms with Crippen molar-refractivity contribution in [3.63, 3.8) is 0 Å². The molecule has 5 nitrogen and oxygen atoms in total. The molecule has 23 heavy (non-hydrogen) atoms. The number of amides is 1. The van der Waals surface area contributed by atoms with Gasteiger partial charge in [0.25, 0.3) is 5.56 Å². The third-order valence-corrected chi connectivity index (χ3v) is 3.65. The van der Waals surface area contributed by atoms with Crippen LogP contribution in [0.15, 0.2) is 41.5 Å². The molecule has 122 valence electrons. The Kier molecular flexibility index (Phi) is 6.09. The van der Waals surface area contributed by atoms with Gasteiger partial charge in [-0.05, 0) is 25.3 Å². The molecule has 0 aliphatic carbocycles. The largest absolute Gasteiger partial charge is 0.350 e. The van der Waals surface area contributed by atoms with Gasteiger partial charge in [-0.2, -0.15) is 0 Å². The quantitative estimate of drug-likeness (QED) is 0.852. The number of nitrogens with zero attached hydrogens (tertiary/aromatic N) is 2. The van der Waals surface area contributed by atoms with Crippen molar-refractivity contribution < 1.29 is 4.79 Å². The molecule has 0 unspecified atom stereocenters. The molecule has 1 N–H and O–H groups in total. The molecule has 1 aromatic heterocycles. The maximum absolute atomic E-state index is 12.0. The van der Waals surface area contributed by atoms with E-state index in [0.29, 0.717) is 6.54 Å². The Labute approximate surface area is 136 Å². The molecule has 0 saturated carbocycles. The number of aromatic nitrogens is 2. The smallest absolute Gasteiger partial charge is 0.253 e. The normalized spacial score (nSPS) is 10.5. The van der Waals surface area contributed by atoms with Crippen molar-refractivity contribution in [3.05, 3.63) is 63.8 Å². The van der Waals surface area contributed by atoms with E-state index in [1.807, 2.05) is 31.2 Å². The topological polar surface area (TPSA) is 64.0 Å². The lowest BCUT2D eigenvalue weighted by atomic mass is 10.1. The first-order chi connectivity index (χ1) is 11.1. The highest BCUT2D eigenvalue weighted by molar-refractivity contribution is 5.75. The van der Waals surface area contributed by atoms with E-state index in [0.717, 1.165) is 30.5 Å². The average molecular weight is 313 g/mol. The monoisotopic (exact) mass is 313 g/mol. The number of benzene rings is 1. The second kappa shape index (κ2) is 8.27. The molecule has 1 amide bonds. The number of aryl methyl sites for hydroxylation is 2. The molecule has 0 atom stereocenters. The number of rotatable bonds is 7. The minimum atomic E-state index is -0.198. The summed E-state index contributed by atoms with van der Waals surface area (Å²) >= 11 is 0. The van der Waals surface area contributed by atoms with Gasteiger partial charge in [0.15, 0.2) is 0 Å². The van der Waals surface area contributed by atoms with Gasteiger partial charge in [0.1, 0.15) is 6.54 Å². The lowest BCUT2D eigenvalue weighted by molar-refractivity contribution is -0.121. The first-order valence-electron chi connectivity index (χ1n) is 7.96. The third kappa shape index (κ3) is 5.36. The first-order valence-corrected chi connectivity index (χ1v) is 7.96. The number of hydrogen-bond donors (Lipinski definition) is 1. The zero-order valence-corrected chi connectivity index (χ0v) is 13.7. The summed E-state index contributed by atoms with van der Waals surface area (Å²) in [6, 6.07) is 9.48. The van der Waals surface area contributed by atoms with E-state index in [1.54, 1.807) is 0 Å². The lowest BCUT2D eigenvalue weighted by Crippen LogP contribution is -2.32. The van der Waals surface area contributed by atoms with Crippen LogP contribution in [-0.4, -0.2) is 15.5 Å². The molecule has 5 heteroatoms. The molecule has 0 radical (unpaired) electrons. The van der Waals surface area contributed by atoms with E-state index < -0.39 is 0 Å². The fraction of sp³-hybridized carbons (Fsp3) is 0.389. The maximum atomic E-state index is 12.0. The van der Waals surface area contributed by atoms with Gasteiger partial charge in [-0.15, -0.1) is 0 Å². The molecular formula is C18H23N3O2. The Morgan fingerprint density at radius 2 is 2.00 bits per heavy atom. The molecule has 1 heterocycles. The van der Waals surface area contributed by atoms with Crippen molar-refractivity contribution in [1.82, 2.24) is 14.9 Å². The number of unbranched alkanes of at least 4 members (excludes halogenated alkanes) is 1. The lowest BCUT2D eigenvalue weighted by Gasteiger charge is -2.08. The van der Waals surface area contributed by atoms with Gasteiger partial charge in [0.05, 0.1) is 6.33 Å². The van der Waals surface area contributed by atoms with E-state index in [9.17, 15) is 9.59 Å². The molecule has 2 rings (SSSR count). The van der Waals surface area contributed by atoms with Crippen LogP contribution in [0.4, 0.5) is 0 Å². The summed E-state index contributed by atoms with van der Waals surface area (Å²) in [6.07, 6.45) is 4.32. The molecule has 0 spiro atoms. The Morgan fingerprint density at radius 1 is 1.26 bits per heavy atom. The summed E-state index contributed by atoms with van der Waals surface area (Å²) in [7, 11) is 0. The zero-order chi connectivity index (χ0) is 16.7. The van der Waals surface area contributed by atoms with Crippen LogP contribution in [0.1, 0.15) is 36.6 Å². The summed E-state index contributed by atoms with van der Waals surface area (Å²) in [5.41, 5.74) is 2.81. The van der Waals surface area contributed by atoms with Gasteiger partial charge >= 0.3 is 0 Å². The van der Waals surface area contributed by atoms with Crippen molar-refractivity contribution >= 4 is 5.91 Å². The van der Waals surface area contributed by atoms with Crippen LogP contribution in [0, 0.1) is 6.92 Å². The third-order valence-electron chi connectivity index (χ3n) is 3.65. The summed E-state index contributed by atoms with van der Waals surface area (Å²) in [4.78, 5) is 28.2. The van der Waals surface area contributed by atoms with E-state index >= 15 is 0 Å². The highest BCUT2D eigenvalue weighted by Gasteiger charge is 2.06. The van der Waals surface area contributed by atoms with Crippen molar-refractivity contribution in [2.24, 2.45) is 0 Å². The summed E-state index contributed by atoms with van der Waals surface area (Å²) < 4.78 is 1.33. The summed E-state index contributed by atoms with van der Waals surface area (Å²) in [6.45, 7) is 4.56. The van der Waals surface area contributed by atoms with E-state index in [-0.39, 0.29) is 18.0 Å². The molecule has 2 aromatic rings. The van der Waals surface area contributed by atoms with Gasteiger partial charge in [0, 0.05) is 18.3 Å². The molecular weight excluding hydrogens is 290 g/mol. The van der Waals surface area contributed by atoms with Crippen LogP contribution in [0.5, 0.6) is 0 Å². The minimum Gasteiger partial charge on any atom is -0.350 e. The van der Waals surface area contributed by atoms with Gasteiger partial charge in [-0.1, -0.05) is 43.2 Å². The Morgan fingerprint density at radius 3 is 2.65 bits per heavy atom. The van der Waals surface area contributed by atoms with Crippen molar-refractivity contribution in [2.75, 3.05) is 0 Å². The van der Waals surface area contributed by atoms with Gasteiger partial charge < -0.3 is 5.32 Å². The van der Waals surface area contributed by atoms with Crippen LogP contribution >= 0.6 is 0 Å². The highest BCUT2D eigenvalue weighted by atomic mass is 16.2. The van der Waals surface area contributed by atoms with Crippen LogP contribution < -0.4 is 10.9 Å². The van der Waals surface area contributed by atoms with Crippen LogP contribution in [0.3, 0.4) is 0 Å². The van der Waals surface area contributed by atoms with Crippen LogP contribution in [0.2, 0.25) is 0 Å². The summed E-state index contributed by atoms with van der Waals surface area (Å²) in [5, 5.41) is 2.82. The Hall–Kier alpha value is -2.43. The molecule has 0 fully saturated rings. The predicted molar refractivity (Wildman–Crippen MR) is 90.1 cm³/mol. The molecule has 0 aliphatic heterocycles. The zero-order valence-electron chi connectivity index (χ0n) is 13.7. The predicted octanol–water partition coefficient (Wildman–Crippen LogP) is 2.21. The number of carbonyl (C=O) groups is 1. The Balaban J connectivity index is 1.89. The number of nitrogens with one attached hydrogen (secondary N) is 1. The average Bonchev–Trinajstić information content (AvgIpc) is 2.54. The Bertz CT molecular complexity index is 705. The SMILES string of the molecule is CCCCc1cc(=O)n(CC(=O)NCc2ccc(C)cc2)cn1. The van der Waals surface area contributed by atoms with Crippen LogP contribution in [-0.2, 0) is 24.3 Å². The number of hydrogen-bond acceptors (Lipinski definition) is 3. The van der Waals surface area contributed by atoms with Gasteiger partial charge in [-0.25, -0.2) is 4.98 Å². The minimum absolute atomic E-state index is 0.00818. The van der Waals surface area contributed by atoms with E-state index in [4.69, 9.17) is 0 Å². The van der Waals surface area contributed by atoms with E-state index in [1.165, 1.54) is 22.5 Å². The fourth-order valence-electron chi connectivity index (χ4n) is 2.19. The number of carbonyl (C=O) groups excluding carboxylic acids is 1. The first kappa shape index (κ1) is 16.9. The maximum Gasteiger partial charge on any atom is 0.253 e. The molecule has 0 saturated heterocycles. The second-order valence-electron chi connectivity index (χ2n) is 5.71. The molecule has 0 bridgehead atoms. The standard InChI is InChI=1S/C18H23N3O2/c1-3-4-5-16-10-18(23)21(13-20-16)12-17(22)19-11-15-8-6-14(2)7-9-15/h6-10,13H,3-5,11-12H2,1-2H3,(H,19,22). The van der Waals surface area contributed by atoms with Gasteiger partial charge in [-0.3, -0.25) is 14.2 Å². The highest BCUT2D eigenvalue weighted by Crippen LogP contribution is 2.02. The van der Waals surface area contributed by atoms with E-state index in [2.05, 4.69) is 17.2 Å². The van der Waals surface area contributed by atoms with Crippen molar-refractivity contribution in [2.45, 2.75) is 46.2 Å². The van der Waals surface area contributed by atoms with Crippen molar-refractivity contribution in [3.8, 4) is 0 Å². The molecule has 1 aromatic carbocycles. The second-order valence-corrected chi connectivity index (χ2v) is 5.71. The van der Waals surface area contributed by atoms with Crippen LogP contribution in [0.25, 0.3) is 0 Å². The fourth-order valence-corrected chi connectivity index (χ4v) is 2.19. The van der Waals surface area contributed by atoms with Gasteiger partial charge in [0.2, 0.25) is 5.91 Å². The summed E-state index contributed by atoms with van der Waals surface area (Å²) in [5.74, 6) is -0.198.